The Kier molecular flexibility index (Phi) is 13.9. The molecule has 0 aliphatic rings. The molecule has 0 aromatic heterocycles. The Balaban J connectivity index is 4.78. The average Bonchev–Trinajstić information content (AvgIpc) is 2.75. The summed E-state index contributed by atoms with van der Waals surface area (Å²) in [4.78, 5) is 37.6. The Labute approximate surface area is 240 Å². The van der Waals surface area contributed by atoms with Gasteiger partial charge in [0, 0.05) is 18.8 Å². The van der Waals surface area contributed by atoms with Crippen molar-refractivity contribution in [3.05, 3.63) is 0 Å². The van der Waals surface area contributed by atoms with E-state index in [0.29, 0.717) is 19.4 Å². The lowest BCUT2D eigenvalue weighted by molar-refractivity contribution is -0.168. The van der Waals surface area contributed by atoms with E-state index in [-0.39, 0.29) is 58.3 Å². The zero-order chi connectivity index (χ0) is 31.0. The summed E-state index contributed by atoms with van der Waals surface area (Å²) < 4.78 is 17.7. The fraction of sp³-hybridized carbons (Fsp3) is 0.909. The molecule has 39 heavy (non-hydrogen) atoms. The van der Waals surface area contributed by atoms with E-state index in [1.165, 1.54) is 0 Å². The summed E-state index contributed by atoms with van der Waals surface area (Å²) in [5, 5.41) is 0. The smallest absolute Gasteiger partial charge is 0.309 e. The average molecular weight is 555 g/mol. The number of ether oxygens (including phenoxy) is 3. The molecule has 0 aromatic rings. The predicted molar refractivity (Wildman–Crippen MR) is 159 cm³/mol. The van der Waals surface area contributed by atoms with Crippen molar-refractivity contribution in [3.63, 3.8) is 0 Å². The summed E-state index contributed by atoms with van der Waals surface area (Å²) in [5.74, 6) is -0.793. The normalized spacial score (nSPS) is 15.9. The van der Waals surface area contributed by atoms with Crippen LogP contribution in [-0.2, 0) is 28.6 Å². The summed E-state index contributed by atoms with van der Waals surface area (Å²) in [5.41, 5.74) is -1.76. The summed E-state index contributed by atoms with van der Waals surface area (Å²) in [6.45, 7) is 30.6. The molecule has 0 amide bonds. The number of hydrogen-bond donors (Lipinski definition) is 0. The molecular weight excluding hydrogens is 492 g/mol. The van der Waals surface area contributed by atoms with Gasteiger partial charge in [-0.15, -0.1) is 0 Å². The Morgan fingerprint density at radius 2 is 1.08 bits per heavy atom. The molecule has 0 N–H and O–H groups in total. The van der Waals surface area contributed by atoms with Gasteiger partial charge in [0.05, 0.1) is 30.7 Å². The Bertz CT molecular complexity index is 805. The van der Waals surface area contributed by atoms with Crippen LogP contribution in [0.15, 0.2) is 0 Å². The van der Waals surface area contributed by atoms with Gasteiger partial charge in [-0.25, -0.2) is 0 Å². The quantitative estimate of drug-likeness (QED) is 0.159. The summed E-state index contributed by atoms with van der Waals surface area (Å²) in [6.07, 6.45) is 3.87. The molecule has 0 heterocycles. The molecule has 0 fully saturated rings. The van der Waals surface area contributed by atoms with Crippen molar-refractivity contribution in [2.75, 3.05) is 13.2 Å². The van der Waals surface area contributed by atoms with Crippen LogP contribution >= 0.6 is 0 Å². The van der Waals surface area contributed by atoms with E-state index < -0.39 is 11.2 Å². The monoisotopic (exact) mass is 554 g/mol. The van der Waals surface area contributed by atoms with Crippen molar-refractivity contribution < 1.29 is 28.6 Å². The van der Waals surface area contributed by atoms with Crippen LogP contribution in [0.2, 0.25) is 0 Å². The van der Waals surface area contributed by atoms with Gasteiger partial charge in [-0.1, -0.05) is 75.7 Å². The second kappa shape index (κ2) is 14.5. The van der Waals surface area contributed by atoms with Gasteiger partial charge in [0.1, 0.15) is 11.4 Å². The fourth-order valence-electron chi connectivity index (χ4n) is 5.11. The van der Waals surface area contributed by atoms with E-state index in [4.69, 9.17) is 14.2 Å². The summed E-state index contributed by atoms with van der Waals surface area (Å²) in [7, 11) is 0. The summed E-state index contributed by atoms with van der Waals surface area (Å²) in [6, 6.07) is 0. The zero-order valence-electron chi connectivity index (χ0n) is 28.1. The molecule has 6 nitrogen and oxygen atoms in total. The minimum Gasteiger partial charge on any atom is -0.465 e. The van der Waals surface area contributed by atoms with E-state index in [9.17, 15) is 14.4 Å². The largest absolute Gasteiger partial charge is 0.465 e. The maximum absolute atomic E-state index is 12.9. The molecule has 0 saturated carbocycles. The van der Waals surface area contributed by atoms with Crippen LogP contribution in [-0.4, -0.2) is 42.1 Å². The van der Waals surface area contributed by atoms with Gasteiger partial charge in [0.2, 0.25) is 0 Å². The molecule has 0 radical (unpaired) electrons. The Hall–Kier alpha value is -1.43. The first kappa shape index (κ1) is 37.6. The first-order valence-corrected chi connectivity index (χ1v) is 14.9. The van der Waals surface area contributed by atoms with Crippen LogP contribution in [0, 0.1) is 34.0 Å². The number of carbonyl (C=O) groups is 3. The first-order chi connectivity index (χ1) is 17.4. The standard InChI is InChI=1S/C33H62O6/c1-16-17-29(6,7)25(4)28(36)39-33(14,15)19-21-38-32(12,13)18-20-37-27(35)24(3)31(10,11)22-30(8,9)23(2)26(5)34/h23-25H,16-22H2,1-15H3. The maximum atomic E-state index is 12.9. The number of Topliss-reactive ketones (excluding diaryl/α,β-unsaturated/α-hetero) is 1. The SMILES string of the molecule is CCCC(C)(C)C(C)C(=O)OC(C)(C)CCOC(C)(C)CCOC(=O)C(C)C(C)(C)CC(C)(C)C(C)C(C)=O. The molecule has 0 aromatic carbocycles. The molecular formula is C33H62O6. The van der Waals surface area contributed by atoms with Gasteiger partial charge in [-0.3, -0.25) is 14.4 Å². The van der Waals surface area contributed by atoms with Crippen molar-refractivity contribution >= 4 is 17.7 Å². The number of esters is 2. The third-order valence-electron chi connectivity index (χ3n) is 9.16. The van der Waals surface area contributed by atoms with Crippen LogP contribution in [0.25, 0.3) is 0 Å². The lowest BCUT2D eigenvalue weighted by Gasteiger charge is -2.40. The molecule has 3 atom stereocenters. The molecule has 0 spiro atoms. The minimum absolute atomic E-state index is 0.0808. The van der Waals surface area contributed by atoms with E-state index >= 15 is 0 Å². The van der Waals surface area contributed by atoms with Gasteiger partial charge in [-0.05, 0) is 63.7 Å². The van der Waals surface area contributed by atoms with Crippen molar-refractivity contribution in [3.8, 4) is 0 Å². The number of carbonyl (C=O) groups excluding carboxylic acids is 3. The van der Waals surface area contributed by atoms with Gasteiger partial charge in [-0.2, -0.15) is 0 Å². The minimum atomic E-state index is -0.634. The topological polar surface area (TPSA) is 78.9 Å². The van der Waals surface area contributed by atoms with Crippen LogP contribution in [0.5, 0.6) is 0 Å². The van der Waals surface area contributed by atoms with Gasteiger partial charge in [0.15, 0.2) is 0 Å². The first-order valence-electron chi connectivity index (χ1n) is 14.9. The van der Waals surface area contributed by atoms with Crippen molar-refractivity contribution in [1.82, 2.24) is 0 Å². The van der Waals surface area contributed by atoms with E-state index in [2.05, 4.69) is 48.5 Å². The van der Waals surface area contributed by atoms with Gasteiger partial charge < -0.3 is 14.2 Å². The van der Waals surface area contributed by atoms with E-state index in [1.54, 1.807) is 6.92 Å². The number of ketones is 1. The molecule has 3 unspecified atom stereocenters. The van der Waals surface area contributed by atoms with Crippen molar-refractivity contribution in [2.45, 2.75) is 147 Å². The van der Waals surface area contributed by atoms with Gasteiger partial charge in [0.25, 0.3) is 0 Å². The Morgan fingerprint density at radius 1 is 0.615 bits per heavy atom. The van der Waals surface area contributed by atoms with Crippen LogP contribution in [0.4, 0.5) is 0 Å². The molecule has 0 aliphatic carbocycles. The zero-order valence-corrected chi connectivity index (χ0v) is 28.1. The van der Waals surface area contributed by atoms with Gasteiger partial charge >= 0.3 is 11.9 Å². The maximum Gasteiger partial charge on any atom is 0.309 e. The highest BCUT2D eigenvalue weighted by Crippen LogP contribution is 2.44. The number of rotatable bonds is 18. The van der Waals surface area contributed by atoms with Crippen molar-refractivity contribution in [2.24, 2.45) is 34.0 Å². The fourth-order valence-corrected chi connectivity index (χ4v) is 5.11. The van der Waals surface area contributed by atoms with Crippen LogP contribution < -0.4 is 0 Å². The lowest BCUT2D eigenvalue weighted by atomic mass is 9.64. The number of hydrogen-bond acceptors (Lipinski definition) is 6. The molecule has 230 valence electrons. The third-order valence-corrected chi connectivity index (χ3v) is 9.16. The second-order valence-electron chi connectivity index (χ2n) is 15.1. The summed E-state index contributed by atoms with van der Waals surface area (Å²) >= 11 is 0. The highest BCUT2D eigenvalue weighted by atomic mass is 16.6. The molecule has 0 saturated heterocycles. The van der Waals surface area contributed by atoms with E-state index in [0.717, 1.165) is 19.3 Å². The second-order valence-corrected chi connectivity index (χ2v) is 15.1. The molecule has 0 aliphatic heterocycles. The molecule has 0 bridgehead atoms. The molecule has 0 rings (SSSR count). The highest BCUT2D eigenvalue weighted by molar-refractivity contribution is 5.78. The third kappa shape index (κ3) is 12.7. The predicted octanol–water partition coefficient (Wildman–Crippen LogP) is 8.19. The van der Waals surface area contributed by atoms with Crippen LogP contribution in [0.1, 0.15) is 136 Å². The lowest BCUT2D eigenvalue weighted by Crippen LogP contribution is -2.39. The van der Waals surface area contributed by atoms with Crippen LogP contribution in [0.3, 0.4) is 0 Å². The van der Waals surface area contributed by atoms with E-state index in [1.807, 2.05) is 48.5 Å². The highest BCUT2D eigenvalue weighted by Gasteiger charge is 2.41. The molecule has 6 heteroatoms. The van der Waals surface area contributed by atoms with Crippen molar-refractivity contribution in [1.29, 1.82) is 0 Å². The Morgan fingerprint density at radius 3 is 1.56 bits per heavy atom.